The number of ether oxygens (including phenoxy) is 1. The summed E-state index contributed by atoms with van der Waals surface area (Å²) in [5.74, 6) is -0.888. The first-order chi connectivity index (χ1) is 13.7. The van der Waals surface area contributed by atoms with Crippen LogP contribution in [0.25, 0.3) is 22.6 Å². The number of carboxylic acids is 1. The number of benzene rings is 1. The maximum absolute atomic E-state index is 13.1. The number of hydrogen-bond donors (Lipinski definition) is 1. The molecule has 0 saturated heterocycles. The Balaban J connectivity index is 2.44. The van der Waals surface area contributed by atoms with E-state index in [2.05, 4.69) is 9.97 Å². The SMILES string of the molecule is CCCOc1cccc2c1nc(-c1nc(C)ccc1C(=O)O)n2S(=O)(=O)N(C)C. The molecule has 0 aliphatic carbocycles. The Bertz CT molecular complexity index is 1180. The number of imidazole rings is 1. The van der Waals surface area contributed by atoms with Gasteiger partial charge in [-0.25, -0.2) is 18.7 Å². The van der Waals surface area contributed by atoms with Gasteiger partial charge >= 0.3 is 16.2 Å². The Morgan fingerprint density at radius 3 is 2.55 bits per heavy atom. The molecule has 3 rings (SSSR count). The van der Waals surface area contributed by atoms with E-state index in [0.717, 1.165) is 14.7 Å². The normalized spacial score (nSPS) is 11.9. The van der Waals surface area contributed by atoms with Crippen molar-refractivity contribution < 1.29 is 23.1 Å². The number of para-hydroxylation sites is 1. The highest BCUT2D eigenvalue weighted by Crippen LogP contribution is 2.33. The van der Waals surface area contributed by atoms with Crippen molar-refractivity contribution >= 4 is 27.2 Å². The summed E-state index contributed by atoms with van der Waals surface area (Å²) in [6, 6.07) is 7.91. The van der Waals surface area contributed by atoms with Crippen LogP contribution >= 0.6 is 0 Å². The molecule has 0 spiro atoms. The number of nitrogens with zero attached hydrogens (tertiary/aromatic N) is 4. The number of hydrogen-bond acceptors (Lipinski definition) is 6. The first-order valence-corrected chi connectivity index (χ1v) is 10.4. The lowest BCUT2D eigenvalue weighted by molar-refractivity contribution is 0.0697. The summed E-state index contributed by atoms with van der Waals surface area (Å²) < 4.78 is 34.0. The maximum Gasteiger partial charge on any atom is 0.338 e. The zero-order valence-electron chi connectivity index (χ0n) is 16.6. The van der Waals surface area contributed by atoms with Crippen molar-refractivity contribution in [2.75, 3.05) is 20.7 Å². The second kappa shape index (κ2) is 7.80. The highest BCUT2D eigenvalue weighted by atomic mass is 32.2. The Kier molecular flexibility index (Phi) is 5.58. The molecule has 0 aliphatic rings. The third-order valence-electron chi connectivity index (χ3n) is 4.24. The molecule has 0 unspecified atom stereocenters. The molecule has 0 radical (unpaired) electrons. The molecule has 1 N–H and O–H groups in total. The van der Waals surface area contributed by atoms with Gasteiger partial charge in [0.2, 0.25) is 0 Å². The van der Waals surface area contributed by atoms with Crippen LogP contribution in [0.3, 0.4) is 0 Å². The van der Waals surface area contributed by atoms with Crippen molar-refractivity contribution in [3.05, 3.63) is 41.6 Å². The van der Waals surface area contributed by atoms with E-state index in [9.17, 15) is 18.3 Å². The molecule has 0 fully saturated rings. The standard InChI is InChI=1S/C19H22N4O5S/c1-5-11-28-15-8-6-7-14-17(15)21-18(23(14)29(26,27)22(3)4)16-13(19(24)25)10-9-12(2)20-16/h6-10H,5,11H2,1-4H3,(H,24,25). The molecule has 0 aliphatic heterocycles. The first kappa shape index (κ1) is 20.7. The molecule has 154 valence electrons. The molecule has 0 amide bonds. The molecule has 1 aromatic carbocycles. The maximum atomic E-state index is 13.1. The number of rotatable bonds is 7. The Hall–Kier alpha value is -2.98. The number of aryl methyl sites for hydroxylation is 1. The predicted molar refractivity (Wildman–Crippen MR) is 108 cm³/mol. The van der Waals surface area contributed by atoms with Crippen molar-refractivity contribution in [2.24, 2.45) is 0 Å². The zero-order chi connectivity index (χ0) is 21.3. The van der Waals surface area contributed by atoms with Crippen LogP contribution in [0.2, 0.25) is 0 Å². The number of carbonyl (C=O) groups is 1. The molecule has 0 bridgehead atoms. The van der Waals surface area contributed by atoms with Gasteiger partial charge < -0.3 is 9.84 Å². The second-order valence-electron chi connectivity index (χ2n) is 6.62. The van der Waals surface area contributed by atoms with Gasteiger partial charge in [0, 0.05) is 19.8 Å². The molecule has 2 aromatic heterocycles. The number of pyridine rings is 1. The van der Waals surface area contributed by atoms with E-state index < -0.39 is 16.2 Å². The molecule has 0 atom stereocenters. The average Bonchev–Trinajstić information content (AvgIpc) is 3.06. The van der Waals surface area contributed by atoms with Gasteiger partial charge in [-0.3, -0.25) is 0 Å². The lowest BCUT2D eigenvalue weighted by Gasteiger charge is -2.16. The Morgan fingerprint density at radius 2 is 1.93 bits per heavy atom. The van der Waals surface area contributed by atoms with Crippen molar-refractivity contribution in [1.29, 1.82) is 0 Å². The third-order valence-corrected chi connectivity index (χ3v) is 5.99. The number of carboxylic acid groups (broad SMARTS) is 1. The highest BCUT2D eigenvalue weighted by molar-refractivity contribution is 7.87. The summed E-state index contributed by atoms with van der Waals surface area (Å²) in [4.78, 5) is 20.5. The van der Waals surface area contributed by atoms with E-state index >= 15 is 0 Å². The van der Waals surface area contributed by atoms with Crippen LogP contribution in [-0.2, 0) is 10.2 Å². The van der Waals surface area contributed by atoms with E-state index in [0.29, 0.717) is 23.6 Å². The molecule has 2 heterocycles. The fourth-order valence-electron chi connectivity index (χ4n) is 2.83. The van der Waals surface area contributed by atoms with E-state index in [-0.39, 0.29) is 22.6 Å². The minimum absolute atomic E-state index is 0.0273. The molecule has 0 saturated carbocycles. The van der Waals surface area contributed by atoms with Crippen molar-refractivity contribution in [2.45, 2.75) is 20.3 Å². The molecular formula is C19H22N4O5S. The van der Waals surface area contributed by atoms with Gasteiger partial charge in [-0.2, -0.15) is 12.7 Å². The Morgan fingerprint density at radius 1 is 1.21 bits per heavy atom. The smallest absolute Gasteiger partial charge is 0.338 e. The first-order valence-electron chi connectivity index (χ1n) is 8.97. The van der Waals surface area contributed by atoms with Crippen molar-refractivity contribution in [3.63, 3.8) is 0 Å². The zero-order valence-corrected chi connectivity index (χ0v) is 17.4. The summed E-state index contributed by atoms with van der Waals surface area (Å²) in [6.07, 6.45) is 0.766. The van der Waals surface area contributed by atoms with Crippen molar-refractivity contribution in [1.82, 2.24) is 18.2 Å². The highest BCUT2D eigenvalue weighted by Gasteiger charge is 2.29. The van der Waals surface area contributed by atoms with E-state index in [1.54, 1.807) is 31.2 Å². The minimum Gasteiger partial charge on any atom is -0.491 e. The summed E-state index contributed by atoms with van der Waals surface area (Å²) in [7, 11) is -1.25. The van der Waals surface area contributed by atoms with Crippen LogP contribution in [0.5, 0.6) is 5.75 Å². The fraction of sp³-hybridized carbons (Fsp3) is 0.316. The number of fused-ring (bicyclic) bond motifs is 1. The molecule has 9 nitrogen and oxygen atoms in total. The van der Waals surface area contributed by atoms with Gasteiger partial charge in [0.1, 0.15) is 17.0 Å². The van der Waals surface area contributed by atoms with Gasteiger partial charge in [0.05, 0.1) is 17.7 Å². The fourth-order valence-corrected chi connectivity index (χ4v) is 3.89. The van der Waals surface area contributed by atoms with Gasteiger partial charge in [-0.15, -0.1) is 0 Å². The number of aromatic nitrogens is 3. The van der Waals surface area contributed by atoms with Crippen LogP contribution in [-0.4, -0.2) is 58.4 Å². The lowest BCUT2D eigenvalue weighted by Crippen LogP contribution is -2.29. The second-order valence-corrected chi connectivity index (χ2v) is 8.61. The van der Waals surface area contributed by atoms with Gasteiger partial charge in [-0.05, 0) is 37.6 Å². The summed E-state index contributed by atoms with van der Waals surface area (Å²) >= 11 is 0. The topological polar surface area (TPSA) is 115 Å². The van der Waals surface area contributed by atoms with Crippen LogP contribution in [0.4, 0.5) is 0 Å². The van der Waals surface area contributed by atoms with E-state index in [1.165, 1.54) is 20.2 Å². The van der Waals surface area contributed by atoms with E-state index in [1.807, 2.05) is 6.92 Å². The summed E-state index contributed by atoms with van der Waals surface area (Å²) in [5, 5.41) is 9.60. The summed E-state index contributed by atoms with van der Waals surface area (Å²) in [6.45, 7) is 4.08. The van der Waals surface area contributed by atoms with Crippen LogP contribution in [0.1, 0.15) is 29.4 Å². The van der Waals surface area contributed by atoms with Crippen molar-refractivity contribution in [3.8, 4) is 17.3 Å². The largest absolute Gasteiger partial charge is 0.491 e. The van der Waals surface area contributed by atoms with Gasteiger partial charge in [0.15, 0.2) is 5.82 Å². The predicted octanol–water partition coefficient (Wildman–Crippen LogP) is 2.55. The summed E-state index contributed by atoms with van der Waals surface area (Å²) in [5.41, 5.74) is 0.967. The molecule has 10 heteroatoms. The van der Waals surface area contributed by atoms with Crippen LogP contribution in [0.15, 0.2) is 30.3 Å². The molecule has 3 aromatic rings. The lowest BCUT2D eigenvalue weighted by atomic mass is 10.1. The van der Waals surface area contributed by atoms with Gasteiger partial charge in [-0.1, -0.05) is 13.0 Å². The number of aromatic carboxylic acids is 1. The minimum atomic E-state index is -4.03. The Labute approximate surface area is 168 Å². The third kappa shape index (κ3) is 3.68. The van der Waals surface area contributed by atoms with E-state index in [4.69, 9.17) is 4.74 Å². The molecular weight excluding hydrogens is 396 g/mol. The monoisotopic (exact) mass is 418 g/mol. The quantitative estimate of drug-likeness (QED) is 0.627. The average molecular weight is 418 g/mol. The van der Waals surface area contributed by atoms with Gasteiger partial charge in [0.25, 0.3) is 0 Å². The van der Waals surface area contributed by atoms with Crippen LogP contribution < -0.4 is 4.74 Å². The van der Waals surface area contributed by atoms with Crippen LogP contribution in [0, 0.1) is 6.92 Å². The molecule has 29 heavy (non-hydrogen) atoms.